The van der Waals surface area contributed by atoms with Crippen LogP contribution in [-0.4, -0.2) is 47.1 Å². The van der Waals surface area contributed by atoms with Crippen LogP contribution in [0.15, 0.2) is 40.1 Å². The first-order chi connectivity index (χ1) is 15.6. The molecule has 2 aromatic rings. The van der Waals surface area contributed by atoms with E-state index < -0.39 is 41.4 Å². The average molecular weight is 484 g/mol. The van der Waals surface area contributed by atoms with Gasteiger partial charge in [0.2, 0.25) is 0 Å². The van der Waals surface area contributed by atoms with Gasteiger partial charge in [-0.05, 0) is 36.5 Å². The summed E-state index contributed by atoms with van der Waals surface area (Å²) >= 11 is 5.27. The van der Waals surface area contributed by atoms with Gasteiger partial charge in [-0.3, -0.25) is 14.3 Å². The minimum Gasteiger partial charge on any atom is -0.497 e. The van der Waals surface area contributed by atoms with Crippen molar-refractivity contribution in [1.29, 1.82) is 0 Å². The number of rotatable bonds is 7. The van der Waals surface area contributed by atoms with E-state index in [2.05, 4.69) is 5.92 Å². The van der Waals surface area contributed by atoms with E-state index in [4.69, 9.17) is 37.6 Å². The molecule has 0 radical (unpaired) electrons. The molecule has 1 aromatic carbocycles. The first-order valence-electron chi connectivity index (χ1n) is 9.58. The number of thiocarbonyl (C=S) groups is 1. The van der Waals surface area contributed by atoms with E-state index in [1.807, 2.05) is 0 Å². The molecule has 8 nitrogen and oxygen atoms in total. The predicted molar refractivity (Wildman–Crippen MR) is 114 cm³/mol. The van der Waals surface area contributed by atoms with Crippen LogP contribution < -0.4 is 16.0 Å². The van der Waals surface area contributed by atoms with Crippen molar-refractivity contribution in [1.82, 2.24) is 9.55 Å². The van der Waals surface area contributed by atoms with E-state index in [-0.39, 0.29) is 24.7 Å². The van der Waals surface area contributed by atoms with E-state index in [9.17, 15) is 22.8 Å². The molecule has 1 aromatic heterocycles. The normalized spacial score (nSPS) is 20.3. The number of aromatic amines is 1. The molecular formula is C21H19F3N2O6S. The van der Waals surface area contributed by atoms with Crippen molar-refractivity contribution in [2.75, 3.05) is 20.3 Å². The predicted octanol–water partition coefficient (Wildman–Crippen LogP) is 2.26. The van der Waals surface area contributed by atoms with Crippen molar-refractivity contribution >= 4 is 17.3 Å². The molecule has 2 heterocycles. The molecular weight excluding hydrogens is 465 g/mol. The maximum atomic E-state index is 13.1. The van der Waals surface area contributed by atoms with Gasteiger partial charge in [0.15, 0.2) is 5.05 Å². The van der Waals surface area contributed by atoms with Crippen LogP contribution in [0.2, 0.25) is 0 Å². The SMILES string of the molecule is C#CCO[C@H]1C[C@H](n2cc(C(F)(F)F)c(=O)[nH]c2=O)O[C@@H]1COC(=S)c1ccc(OC)cc1. The van der Waals surface area contributed by atoms with Crippen molar-refractivity contribution in [2.45, 2.75) is 31.0 Å². The fourth-order valence-corrected chi connectivity index (χ4v) is 3.43. The Morgan fingerprint density at radius 3 is 2.64 bits per heavy atom. The van der Waals surface area contributed by atoms with Crippen molar-refractivity contribution in [2.24, 2.45) is 0 Å². The summed E-state index contributed by atoms with van der Waals surface area (Å²) in [5.74, 6) is 2.93. The van der Waals surface area contributed by atoms with Crippen molar-refractivity contribution < 1.29 is 32.1 Å². The second kappa shape index (κ2) is 10.2. The maximum absolute atomic E-state index is 13.1. The van der Waals surface area contributed by atoms with Crippen LogP contribution in [0, 0.1) is 12.3 Å². The molecule has 33 heavy (non-hydrogen) atoms. The lowest BCUT2D eigenvalue weighted by molar-refractivity contribution is -0.139. The Morgan fingerprint density at radius 1 is 1.33 bits per heavy atom. The summed E-state index contributed by atoms with van der Waals surface area (Å²) in [4.78, 5) is 25.4. The highest BCUT2D eigenvalue weighted by atomic mass is 32.1. The molecule has 0 unspecified atom stereocenters. The number of aromatic nitrogens is 2. The van der Waals surface area contributed by atoms with Gasteiger partial charge in [0.25, 0.3) is 5.56 Å². The topological polar surface area (TPSA) is 91.8 Å². The second-order valence-electron chi connectivity index (χ2n) is 6.95. The van der Waals surface area contributed by atoms with Gasteiger partial charge in [-0.15, -0.1) is 6.42 Å². The van der Waals surface area contributed by atoms with Gasteiger partial charge in [0, 0.05) is 18.2 Å². The summed E-state index contributed by atoms with van der Waals surface area (Å²) < 4.78 is 62.0. The number of hydrogen-bond acceptors (Lipinski definition) is 7. The number of nitrogens with one attached hydrogen (secondary N) is 1. The van der Waals surface area contributed by atoms with Gasteiger partial charge in [0.05, 0.1) is 13.2 Å². The largest absolute Gasteiger partial charge is 0.497 e. The van der Waals surface area contributed by atoms with Gasteiger partial charge in [0.1, 0.15) is 36.9 Å². The average Bonchev–Trinajstić information content (AvgIpc) is 3.17. The number of H-pyrrole nitrogens is 1. The summed E-state index contributed by atoms with van der Waals surface area (Å²) in [7, 11) is 1.53. The lowest BCUT2D eigenvalue weighted by Crippen LogP contribution is -2.36. The highest BCUT2D eigenvalue weighted by molar-refractivity contribution is 7.80. The first kappa shape index (κ1) is 24.5. The third-order valence-electron chi connectivity index (χ3n) is 4.85. The van der Waals surface area contributed by atoms with Crippen molar-refractivity contribution in [3.8, 4) is 18.1 Å². The number of methoxy groups -OCH3 is 1. The standard InChI is InChI=1S/C21H19F3N2O6S/c1-3-8-30-15-9-17(26-10-14(21(22,23)24)18(27)25-20(26)28)32-16(15)11-31-19(33)12-4-6-13(29-2)7-5-12/h1,4-7,10,15-17H,8-9,11H2,2H3,(H,25,27,28)/t15-,16+,17+/m0/s1. The van der Waals surface area contributed by atoms with Gasteiger partial charge >= 0.3 is 11.9 Å². The Morgan fingerprint density at radius 2 is 2.03 bits per heavy atom. The lowest BCUT2D eigenvalue weighted by Gasteiger charge is -2.19. The fourth-order valence-electron chi connectivity index (χ4n) is 3.22. The zero-order chi connectivity index (χ0) is 24.2. The molecule has 3 rings (SSSR count). The van der Waals surface area contributed by atoms with Crippen molar-refractivity contribution in [3.63, 3.8) is 0 Å². The Hall–Kier alpha value is -3.14. The lowest BCUT2D eigenvalue weighted by atomic mass is 10.2. The van der Waals surface area contributed by atoms with Crippen LogP contribution in [0.25, 0.3) is 0 Å². The third kappa shape index (κ3) is 5.81. The number of halogens is 3. The van der Waals surface area contributed by atoms with E-state index in [0.717, 1.165) is 0 Å². The van der Waals surface area contributed by atoms with E-state index in [0.29, 0.717) is 22.1 Å². The number of hydrogen-bond donors (Lipinski definition) is 1. The summed E-state index contributed by atoms with van der Waals surface area (Å²) in [6, 6.07) is 6.80. The number of ether oxygens (including phenoxy) is 4. The summed E-state index contributed by atoms with van der Waals surface area (Å²) in [5, 5.41) is 0.154. The highest BCUT2D eigenvalue weighted by Crippen LogP contribution is 2.32. The molecule has 0 amide bonds. The molecule has 0 saturated carbocycles. The maximum Gasteiger partial charge on any atom is 0.423 e. The van der Waals surface area contributed by atoms with E-state index in [1.54, 1.807) is 29.2 Å². The molecule has 1 aliphatic rings. The fraction of sp³-hybridized carbons (Fsp3) is 0.381. The Kier molecular flexibility index (Phi) is 7.57. The number of nitrogens with zero attached hydrogens (tertiary/aromatic N) is 1. The smallest absolute Gasteiger partial charge is 0.423 e. The monoisotopic (exact) mass is 484 g/mol. The third-order valence-corrected chi connectivity index (χ3v) is 5.20. The van der Waals surface area contributed by atoms with Gasteiger partial charge in [-0.25, -0.2) is 4.79 Å². The van der Waals surface area contributed by atoms with Gasteiger partial charge in [-0.2, -0.15) is 13.2 Å². The Bertz CT molecular complexity index is 1150. The van der Waals surface area contributed by atoms with E-state index >= 15 is 0 Å². The van der Waals surface area contributed by atoms with Crippen molar-refractivity contribution in [3.05, 3.63) is 62.4 Å². The van der Waals surface area contributed by atoms with Crippen LogP contribution in [0.4, 0.5) is 13.2 Å². The molecule has 0 bridgehead atoms. The van der Waals surface area contributed by atoms with Gasteiger partial charge in [-0.1, -0.05) is 5.92 Å². The minimum absolute atomic E-state index is 0.00570. The van der Waals surface area contributed by atoms with Gasteiger partial charge < -0.3 is 18.9 Å². The molecule has 1 fully saturated rings. The quantitative estimate of drug-likeness (QED) is 0.476. The zero-order valence-corrected chi connectivity index (χ0v) is 18.1. The number of terminal acetylenes is 1. The second-order valence-corrected chi connectivity index (χ2v) is 7.32. The van der Waals surface area contributed by atoms with Crippen LogP contribution in [0.3, 0.4) is 0 Å². The zero-order valence-electron chi connectivity index (χ0n) is 17.3. The Labute approximate surface area is 191 Å². The van der Waals surface area contributed by atoms with E-state index in [1.165, 1.54) is 7.11 Å². The molecule has 176 valence electrons. The molecule has 0 aliphatic carbocycles. The minimum atomic E-state index is -4.95. The highest BCUT2D eigenvalue weighted by Gasteiger charge is 2.40. The molecule has 1 aliphatic heterocycles. The number of benzene rings is 1. The van der Waals surface area contributed by atoms with Crippen LogP contribution in [0.1, 0.15) is 23.8 Å². The molecule has 3 atom stereocenters. The summed E-state index contributed by atoms with van der Waals surface area (Å²) in [6.07, 6.45) is -1.95. The van der Waals surface area contributed by atoms with Crippen LogP contribution >= 0.6 is 12.2 Å². The molecule has 1 N–H and O–H groups in total. The van der Waals surface area contributed by atoms with Crippen LogP contribution in [-0.2, 0) is 20.4 Å². The molecule has 1 saturated heterocycles. The summed E-state index contributed by atoms with van der Waals surface area (Å²) in [6.45, 7) is -0.199. The number of alkyl halides is 3. The Balaban J connectivity index is 1.77. The summed E-state index contributed by atoms with van der Waals surface area (Å²) in [5.41, 5.74) is -3.50. The first-order valence-corrected chi connectivity index (χ1v) is 9.99. The molecule has 12 heteroatoms. The molecule has 0 spiro atoms. The van der Waals surface area contributed by atoms with Crippen LogP contribution in [0.5, 0.6) is 5.75 Å².